The Morgan fingerprint density at radius 3 is 2.56 bits per heavy atom. The Bertz CT molecular complexity index is 847. The van der Waals surface area contributed by atoms with Gasteiger partial charge in [0.2, 0.25) is 15.7 Å². The van der Waals surface area contributed by atoms with Gasteiger partial charge in [0, 0.05) is 6.26 Å². The lowest BCUT2D eigenvalue weighted by atomic mass is 9.98. The number of sulfone groups is 1. The standard InChI is InChI=1S/C16H21N3O5S/c1-5-10(2)13(15-18-19-16(24-15)25(4,21)22)17-14(20)11-8-6-7-9-12(11)23-3/h6-10,13H,5H2,1-4H3,(H,17,20)/t10-,13+/m1/s1. The predicted molar refractivity (Wildman–Crippen MR) is 90.1 cm³/mol. The molecule has 0 fully saturated rings. The predicted octanol–water partition coefficient (Wildman–Crippen LogP) is 2.00. The van der Waals surface area contributed by atoms with Gasteiger partial charge in [-0.15, -0.1) is 5.10 Å². The number of amides is 1. The first kappa shape index (κ1) is 18.9. The number of carbonyl (C=O) groups is 1. The van der Waals surface area contributed by atoms with Gasteiger partial charge in [0.05, 0.1) is 12.7 Å². The van der Waals surface area contributed by atoms with Crippen LogP contribution in [0.2, 0.25) is 0 Å². The first-order valence-electron chi connectivity index (χ1n) is 7.75. The van der Waals surface area contributed by atoms with Crippen molar-refractivity contribution in [1.82, 2.24) is 15.5 Å². The van der Waals surface area contributed by atoms with E-state index in [0.29, 0.717) is 17.7 Å². The zero-order valence-corrected chi connectivity index (χ0v) is 15.3. The Kier molecular flexibility index (Phi) is 5.78. The Hall–Kier alpha value is -2.42. The minimum Gasteiger partial charge on any atom is -0.496 e. The fourth-order valence-electron chi connectivity index (χ4n) is 2.23. The van der Waals surface area contributed by atoms with Crippen molar-refractivity contribution in [2.75, 3.05) is 13.4 Å². The molecule has 2 atom stereocenters. The van der Waals surface area contributed by atoms with Gasteiger partial charge in [-0.3, -0.25) is 4.79 Å². The van der Waals surface area contributed by atoms with Crippen molar-refractivity contribution in [2.45, 2.75) is 31.5 Å². The van der Waals surface area contributed by atoms with Crippen molar-refractivity contribution >= 4 is 15.7 Å². The summed E-state index contributed by atoms with van der Waals surface area (Å²) in [5.41, 5.74) is 0.362. The van der Waals surface area contributed by atoms with Gasteiger partial charge in [0.25, 0.3) is 5.91 Å². The van der Waals surface area contributed by atoms with E-state index in [4.69, 9.17) is 9.15 Å². The summed E-state index contributed by atoms with van der Waals surface area (Å²) in [6.07, 6.45) is 1.70. The molecule has 0 radical (unpaired) electrons. The zero-order valence-electron chi connectivity index (χ0n) is 14.5. The quantitative estimate of drug-likeness (QED) is 0.796. The highest BCUT2D eigenvalue weighted by molar-refractivity contribution is 7.90. The van der Waals surface area contributed by atoms with Crippen LogP contribution in [-0.2, 0) is 9.84 Å². The molecule has 136 valence electrons. The second-order valence-corrected chi connectivity index (χ2v) is 7.61. The van der Waals surface area contributed by atoms with E-state index in [1.54, 1.807) is 24.3 Å². The monoisotopic (exact) mass is 367 g/mol. The fraction of sp³-hybridized carbons (Fsp3) is 0.438. The average molecular weight is 367 g/mol. The second-order valence-electron chi connectivity index (χ2n) is 5.72. The average Bonchev–Trinajstić information content (AvgIpc) is 3.08. The molecule has 25 heavy (non-hydrogen) atoms. The van der Waals surface area contributed by atoms with Crippen LogP contribution < -0.4 is 10.1 Å². The number of benzene rings is 1. The summed E-state index contributed by atoms with van der Waals surface area (Å²) in [6.45, 7) is 3.85. The number of methoxy groups -OCH3 is 1. The number of rotatable bonds is 7. The van der Waals surface area contributed by atoms with E-state index in [0.717, 1.165) is 6.26 Å². The summed E-state index contributed by atoms with van der Waals surface area (Å²) in [7, 11) is -2.13. The number of para-hydroxylation sites is 1. The van der Waals surface area contributed by atoms with Crippen LogP contribution in [-0.4, -0.2) is 37.9 Å². The van der Waals surface area contributed by atoms with Crippen LogP contribution in [0.25, 0.3) is 0 Å². The molecule has 8 nitrogen and oxygen atoms in total. The van der Waals surface area contributed by atoms with Gasteiger partial charge < -0.3 is 14.5 Å². The van der Waals surface area contributed by atoms with Crippen LogP contribution in [0, 0.1) is 5.92 Å². The van der Waals surface area contributed by atoms with E-state index in [9.17, 15) is 13.2 Å². The normalized spacial score (nSPS) is 13.9. The number of nitrogens with one attached hydrogen (secondary N) is 1. The van der Waals surface area contributed by atoms with Gasteiger partial charge in [0.1, 0.15) is 11.8 Å². The van der Waals surface area contributed by atoms with Crippen molar-refractivity contribution in [3.8, 4) is 5.75 Å². The highest BCUT2D eigenvalue weighted by Crippen LogP contribution is 2.26. The second kappa shape index (κ2) is 7.64. The topological polar surface area (TPSA) is 111 Å². The van der Waals surface area contributed by atoms with E-state index in [1.165, 1.54) is 7.11 Å². The SMILES string of the molecule is CC[C@@H](C)[C@H](NC(=O)c1ccccc1OC)c1nnc(S(C)(=O)=O)o1. The fourth-order valence-corrected chi connectivity index (χ4v) is 2.66. The maximum absolute atomic E-state index is 12.6. The highest BCUT2D eigenvalue weighted by atomic mass is 32.2. The van der Waals surface area contributed by atoms with Gasteiger partial charge in [-0.1, -0.05) is 37.5 Å². The van der Waals surface area contributed by atoms with E-state index >= 15 is 0 Å². The summed E-state index contributed by atoms with van der Waals surface area (Å²) < 4.78 is 33.5. The molecular formula is C16H21N3O5S. The minimum absolute atomic E-state index is 0.0495. The Morgan fingerprint density at radius 2 is 2.00 bits per heavy atom. The molecule has 1 aromatic carbocycles. The molecule has 0 saturated heterocycles. The molecule has 1 amide bonds. The maximum atomic E-state index is 12.6. The summed E-state index contributed by atoms with van der Waals surface area (Å²) >= 11 is 0. The van der Waals surface area contributed by atoms with E-state index in [2.05, 4.69) is 15.5 Å². The van der Waals surface area contributed by atoms with Crippen LogP contribution >= 0.6 is 0 Å². The van der Waals surface area contributed by atoms with Gasteiger partial charge in [-0.2, -0.15) is 0 Å². The highest BCUT2D eigenvalue weighted by Gasteiger charge is 2.29. The molecule has 0 unspecified atom stereocenters. The van der Waals surface area contributed by atoms with Gasteiger partial charge in [0.15, 0.2) is 0 Å². The molecule has 2 aromatic rings. The lowest BCUT2D eigenvalue weighted by Gasteiger charge is -2.21. The zero-order chi connectivity index (χ0) is 18.6. The van der Waals surface area contributed by atoms with Crippen molar-refractivity contribution in [1.29, 1.82) is 0 Å². The number of hydrogen-bond acceptors (Lipinski definition) is 7. The minimum atomic E-state index is -3.61. The van der Waals surface area contributed by atoms with E-state index in [1.807, 2.05) is 13.8 Å². The largest absolute Gasteiger partial charge is 0.496 e. The van der Waals surface area contributed by atoms with Crippen molar-refractivity contribution < 1.29 is 22.4 Å². The molecular weight excluding hydrogens is 346 g/mol. The number of aromatic nitrogens is 2. The molecule has 0 saturated carbocycles. The lowest BCUT2D eigenvalue weighted by molar-refractivity contribution is 0.0908. The number of carbonyl (C=O) groups excluding carboxylic acids is 1. The van der Waals surface area contributed by atoms with Gasteiger partial charge in [-0.05, 0) is 18.1 Å². The van der Waals surface area contributed by atoms with E-state index in [-0.39, 0.29) is 17.7 Å². The molecule has 9 heteroatoms. The molecule has 1 heterocycles. The molecule has 0 aliphatic rings. The van der Waals surface area contributed by atoms with Crippen molar-refractivity contribution in [2.24, 2.45) is 5.92 Å². The number of ether oxygens (including phenoxy) is 1. The van der Waals surface area contributed by atoms with Crippen LogP contribution in [0.3, 0.4) is 0 Å². The van der Waals surface area contributed by atoms with Gasteiger partial charge >= 0.3 is 5.22 Å². The molecule has 2 rings (SSSR count). The third-order valence-electron chi connectivity index (χ3n) is 3.86. The summed E-state index contributed by atoms with van der Waals surface area (Å²) in [5, 5.41) is 9.72. The lowest BCUT2D eigenvalue weighted by Crippen LogP contribution is -2.33. The molecule has 1 N–H and O–H groups in total. The van der Waals surface area contributed by atoms with Crippen LogP contribution in [0.4, 0.5) is 0 Å². The Labute approximate surface area is 146 Å². The Balaban J connectivity index is 2.32. The van der Waals surface area contributed by atoms with Gasteiger partial charge in [-0.25, -0.2) is 8.42 Å². The molecule has 0 spiro atoms. The maximum Gasteiger partial charge on any atom is 0.335 e. The molecule has 0 bridgehead atoms. The molecule has 1 aromatic heterocycles. The summed E-state index contributed by atoms with van der Waals surface area (Å²) in [5.74, 6) is 0.0663. The van der Waals surface area contributed by atoms with Crippen molar-refractivity contribution in [3.05, 3.63) is 35.7 Å². The molecule has 0 aliphatic carbocycles. The third-order valence-corrected chi connectivity index (χ3v) is 4.66. The van der Waals surface area contributed by atoms with E-state index < -0.39 is 21.1 Å². The smallest absolute Gasteiger partial charge is 0.335 e. The van der Waals surface area contributed by atoms with Crippen molar-refractivity contribution in [3.63, 3.8) is 0 Å². The molecule has 0 aliphatic heterocycles. The Morgan fingerprint density at radius 1 is 1.32 bits per heavy atom. The number of nitrogens with zero attached hydrogens (tertiary/aromatic N) is 2. The van der Waals surface area contributed by atoms with Crippen LogP contribution in [0.5, 0.6) is 5.75 Å². The van der Waals surface area contributed by atoms with Crippen LogP contribution in [0.1, 0.15) is 42.6 Å². The van der Waals surface area contributed by atoms with Crippen LogP contribution in [0.15, 0.2) is 33.9 Å². The first-order valence-corrected chi connectivity index (χ1v) is 9.64. The summed E-state index contributed by atoms with van der Waals surface area (Å²) in [4.78, 5) is 12.6. The first-order chi connectivity index (χ1) is 11.8. The summed E-state index contributed by atoms with van der Waals surface area (Å²) in [6, 6.07) is 6.19. The number of hydrogen-bond donors (Lipinski definition) is 1. The third kappa shape index (κ3) is 4.36.